The predicted molar refractivity (Wildman–Crippen MR) is 111 cm³/mol. The van der Waals surface area contributed by atoms with Crippen LogP contribution in [0.2, 0.25) is 0 Å². The molecule has 0 spiro atoms. The molecule has 1 heterocycles. The third-order valence-corrected chi connectivity index (χ3v) is 4.45. The second-order valence-corrected chi connectivity index (χ2v) is 6.64. The van der Waals surface area contributed by atoms with Crippen molar-refractivity contribution in [1.82, 2.24) is 0 Å². The number of hydrogen-bond acceptors (Lipinski definition) is 5. The van der Waals surface area contributed by atoms with Gasteiger partial charge in [-0.15, -0.1) is 0 Å². The number of carbonyl (C=O) groups is 4. The lowest BCUT2D eigenvalue weighted by molar-refractivity contribution is 0.0686. The Hall–Kier alpha value is -4.40. The molecule has 4 N–H and O–H groups in total. The largest absolute Gasteiger partial charge is 0.478 e. The molecule has 0 fully saturated rings. The highest BCUT2D eigenvalue weighted by Crippen LogP contribution is 2.25. The summed E-state index contributed by atoms with van der Waals surface area (Å²) in [5, 5.41) is 23.3. The molecular weight excluding hydrogens is 404 g/mol. The molecule has 0 aliphatic carbocycles. The lowest BCUT2D eigenvalue weighted by atomic mass is 10.1. The van der Waals surface area contributed by atoms with E-state index in [1.807, 2.05) is 0 Å². The maximum Gasteiger partial charge on any atom is 0.335 e. The average molecular weight is 422 g/mol. The van der Waals surface area contributed by atoms with Crippen LogP contribution in [0.3, 0.4) is 0 Å². The van der Waals surface area contributed by atoms with Gasteiger partial charge < -0.3 is 25.3 Å². The number of benzene rings is 2. The second kappa shape index (κ2) is 8.54. The standard InChI is InChI=1S/C22H18N2O7/c1-11-17(19(25)23-15-7-3-5-13(9-15)21(27)28)18(12(2)31-11)20(26)24-16-8-4-6-14(10-16)22(29)30/h3-10H,1-2H3,(H,23,25)(H,24,26)(H,27,28)(H,29,30). The summed E-state index contributed by atoms with van der Waals surface area (Å²) in [6, 6.07) is 11.3. The highest BCUT2D eigenvalue weighted by atomic mass is 16.4. The van der Waals surface area contributed by atoms with Crippen molar-refractivity contribution in [3.8, 4) is 0 Å². The van der Waals surface area contributed by atoms with Crippen LogP contribution >= 0.6 is 0 Å². The van der Waals surface area contributed by atoms with E-state index in [0.717, 1.165) is 0 Å². The van der Waals surface area contributed by atoms with Crippen LogP contribution < -0.4 is 10.6 Å². The van der Waals surface area contributed by atoms with Gasteiger partial charge in [-0.1, -0.05) is 12.1 Å². The molecule has 2 amide bonds. The predicted octanol–water partition coefficient (Wildman–Crippen LogP) is 3.80. The lowest BCUT2D eigenvalue weighted by Crippen LogP contribution is -2.20. The molecule has 31 heavy (non-hydrogen) atoms. The van der Waals surface area contributed by atoms with Gasteiger partial charge in [0.05, 0.1) is 22.3 Å². The van der Waals surface area contributed by atoms with E-state index in [1.54, 1.807) is 0 Å². The molecule has 9 nitrogen and oxygen atoms in total. The van der Waals surface area contributed by atoms with Crippen molar-refractivity contribution in [2.75, 3.05) is 10.6 Å². The van der Waals surface area contributed by atoms with Crippen LogP contribution in [0.4, 0.5) is 11.4 Å². The number of carbonyl (C=O) groups excluding carboxylic acids is 2. The number of carboxylic acid groups (broad SMARTS) is 2. The number of aryl methyl sites for hydroxylation is 2. The monoisotopic (exact) mass is 422 g/mol. The molecule has 0 radical (unpaired) electrons. The fourth-order valence-electron chi connectivity index (χ4n) is 3.08. The van der Waals surface area contributed by atoms with Gasteiger partial charge in [-0.05, 0) is 50.2 Å². The number of carboxylic acids is 2. The van der Waals surface area contributed by atoms with Crippen molar-refractivity contribution in [2.24, 2.45) is 0 Å². The lowest BCUT2D eigenvalue weighted by Gasteiger charge is -2.09. The van der Waals surface area contributed by atoms with Gasteiger partial charge in [-0.2, -0.15) is 0 Å². The summed E-state index contributed by atoms with van der Waals surface area (Å²) >= 11 is 0. The molecule has 0 aliphatic heterocycles. The van der Waals surface area contributed by atoms with Crippen LogP contribution in [0, 0.1) is 13.8 Å². The number of amides is 2. The zero-order valence-electron chi connectivity index (χ0n) is 16.6. The summed E-state index contributed by atoms with van der Waals surface area (Å²) in [5.74, 6) is -3.18. The number of rotatable bonds is 6. The van der Waals surface area contributed by atoms with E-state index in [-0.39, 0.29) is 45.1 Å². The first-order chi connectivity index (χ1) is 14.7. The Morgan fingerprint density at radius 3 is 1.45 bits per heavy atom. The molecule has 0 bridgehead atoms. The van der Waals surface area contributed by atoms with Gasteiger partial charge in [0.2, 0.25) is 0 Å². The highest BCUT2D eigenvalue weighted by Gasteiger charge is 2.27. The normalized spacial score (nSPS) is 10.4. The van der Waals surface area contributed by atoms with Crippen LogP contribution in [-0.2, 0) is 0 Å². The molecule has 9 heteroatoms. The van der Waals surface area contributed by atoms with Gasteiger partial charge in [-0.25, -0.2) is 9.59 Å². The molecular formula is C22H18N2O7. The van der Waals surface area contributed by atoms with Crippen molar-refractivity contribution in [3.63, 3.8) is 0 Å². The van der Waals surface area contributed by atoms with Crippen molar-refractivity contribution < 1.29 is 33.8 Å². The molecule has 3 rings (SSSR count). The minimum Gasteiger partial charge on any atom is -0.478 e. The van der Waals surface area contributed by atoms with Gasteiger partial charge in [0, 0.05) is 11.4 Å². The molecule has 158 valence electrons. The smallest absolute Gasteiger partial charge is 0.335 e. The van der Waals surface area contributed by atoms with E-state index >= 15 is 0 Å². The SMILES string of the molecule is Cc1oc(C)c(C(=O)Nc2cccc(C(=O)O)c2)c1C(=O)Nc1cccc(C(=O)O)c1. The highest BCUT2D eigenvalue weighted by molar-refractivity contribution is 6.16. The molecule has 2 aromatic carbocycles. The summed E-state index contributed by atoms with van der Waals surface area (Å²) in [6.45, 7) is 3.05. The molecule has 0 unspecified atom stereocenters. The van der Waals surface area contributed by atoms with Crippen LogP contribution in [-0.4, -0.2) is 34.0 Å². The minimum atomic E-state index is -1.14. The van der Waals surface area contributed by atoms with Crippen LogP contribution in [0.15, 0.2) is 52.9 Å². The third kappa shape index (κ3) is 4.61. The first kappa shape index (κ1) is 21.3. The summed E-state index contributed by atoms with van der Waals surface area (Å²) in [5.41, 5.74) is 0.450. The topological polar surface area (TPSA) is 146 Å². The van der Waals surface area contributed by atoms with E-state index in [4.69, 9.17) is 14.6 Å². The van der Waals surface area contributed by atoms with Crippen LogP contribution in [0.5, 0.6) is 0 Å². The maximum absolute atomic E-state index is 12.9. The number of hydrogen-bond donors (Lipinski definition) is 4. The molecule has 0 atom stereocenters. The Kier molecular flexibility index (Phi) is 5.87. The average Bonchev–Trinajstić information content (AvgIpc) is 3.02. The Labute approximate surface area is 176 Å². The van der Waals surface area contributed by atoms with E-state index in [9.17, 15) is 19.2 Å². The molecule has 0 aliphatic rings. The van der Waals surface area contributed by atoms with E-state index < -0.39 is 23.8 Å². The van der Waals surface area contributed by atoms with Gasteiger partial charge in [0.25, 0.3) is 11.8 Å². The summed E-state index contributed by atoms with van der Waals surface area (Å²) < 4.78 is 5.48. The van der Waals surface area contributed by atoms with E-state index in [2.05, 4.69) is 10.6 Å². The van der Waals surface area contributed by atoms with Gasteiger partial charge in [-0.3, -0.25) is 9.59 Å². The Morgan fingerprint density at radius 2 is 1.10 bits per heavy atom. The first-order valence-electron chi connectivity index (χ1n) is 9.06. The van der Waals surface area contributed by atoms with Crippen LogP contribution in [0.1, 0.15) is 53.0 Å². The Bertz CT molecular complexity index is 1120. The molecule has 0 saturated carbocycles. The van der Waals surface area contributed by atoms with Crippen molar-refractivity contribution in [2.45, 2.75) is 13.8 Å². The summed E-state index contributed by atoms with van der Waals surface area (Å²) in [4.78, 5) is 48.0. The molecule has 1 aromatic heterocycles. The first-order valence-corrected chi connectivity index (χ1v) is 9.06. The Morgan fingerprint density at radius 1 is 0.710 bits per heavy atom. The van der Waals surface area contributed by atoms with Crippen molar-refractivity contribution >= 4 is 35.1 Å². The van der Waals surface area contributed by atoms with Gasteiger partial charge in [0.1, 0.15) is 11.5 Å². The quantitative estimate of drug-likeness (QED) is 0.472. The van der Waals surface area contributed by atoms with Crippen molar-refractivity contribution in [3.05, 3.63) is 82.3 Å². The van der Waals surface area contributed by atoms with E-state index in [0.29, 0.717) is 0 Å². The molecule has 3 aromatic rings. The number of nitrogens with one attached hydrogen (secondary N) is 2. The Balaban J connectivity index is 1.90. The fraction of sp³-hybridized carbons (Fsp3) is 0.0909. The van der Waals surface area contributed by atoms with Gasteiger partial charge in [0.15, 0.2) is 0 Å². The van der Waals surface area contributed by atoms with Crippen molar-refractivity contribution in [1.29, 1.82) is 0 Å². The van der Waals surface area contributed by atoms with Gasteiger partial charge >= 0.3 is 11.9 Å². The zero-order valence-corrected chi connectivity index (χ0v) is 16.6. The zero-order chi connectivity index (χ0) is 22.7. The summed E-state index contributed by atoms with van der Waals surface area (Å²) in [7, 11) is 0. The minimum absolute atomic E-state index is 0.00539. The molecule has 0 saturated heterocycles. The second-order valence-electron chi connectivity index (χ2n) is 6.64. The number of aromatic carboxylic acids is 2. The number of furan rings is 1. The maximum atomic E-state index is 12.9. The fourth-order valence-corrected chi connectivity index (χ4v) is 3.08. The number of anilines is 2. The third-order valence-electron chi connectivity index (χ3n) is 4.45. The van der Waals surface area contributed by atoms with Crippen LogP contribution in [0.25, 0.3) is 0 Å². The van der Waals surface area contributed by atoms with E-state index in [1.165, 1.54) is 62.4 Å². The summed E-state index contributed by atoms with van der Waals surface area (Å²) in [6.07, 6.45) is 0.